The zero-order valence-electron chi connectivity index (χ0n) is 10.3. The fourth-order valence-electron chi connectivity index (χ4n) is 1.15. The van der Waals surface area contributed by atoms with E-state index >= 15 is 0 Å². The first-order valence-corrected chi connectivity index (χ1v) is 5.35. The van der Waals surface area contributed by atoms with Crippen molar-refractivity contribution in [2.24, 2.45) is 0 Å². The maximum absolute atomic E-state index is 12.1. The third-order valence-electron chi connectivity index (χ3n) is 1.44. The van der Waals surface area contributed by atoms with Gasteiger partial charge in [0.15, 0.2) is 0 Å². The lowest BCUT2D eigenvalue weighted by molar-refractivity contribution is 0.485. The van der Waals surface area contributed by atoms with Crippen LogP contribution in [0, 0.1) is 13.8 Å². The highest BCUT2D eigenvalue weighted by atomic mass is 19.1. The molecule has 0 aliphatic heterocycles. The molecule has 0 aliphatic carbocycles. The average Bonchev–Trinajstić information content (AvgIpc) is 2.22. The highest BCUT2D eigenvalue weighted by molar-refractivity contribution is 5.27. The van der Waals surface area contributed by atoms with Crippen molar-refractivity contribution in [3.63, 3.8) is 0 Å². The van der Waals surface area contributed by atoms with Gasteiger partial charge in [0.2, 0.25) is 0 Å². The fourth-order valence-corrected chi connectivity index (χ4v) is 1.15. The summed E-state index contributed by atoms with van der Waals surface area (Å²) in [5, 5.41) is 0. The third kappa shape index (κ3) is 6.64. The van der Waals surface area contributed by atoms with Gasteiger partial charge in [-0.1, -0.05) is 57.0 Å². The molecule has 14 heavy (non-hydrogen) atoms. The van der Waals surface area contributed by atoms with E-state index in [0.29, 0.717) is 0 Å². The summed E-state index contributed by atoms with van der Waals surface area (Å²) < 4.78 is 12.1. The normalized spacial score (nSPS) is 7.93. The number of benzene rings is 1. The minimum absolute atomic E-state index is 0.359. The molecular formula is C13H23F. The molecule has 0 N–H and O–H groups in total. The van der Waals surface area contributed by atoms with Crippen LogP contribution in [-0.2, 0) is 6.67 Å². The summed E-state index contributed by atoms with van der Waals surface area (Å²) in [7, 11) is 0. The zero-order chi connectivity index (χ0) is 11.6. The van der Waals surface area contributed by atoms with Gasteiger partial charge < -0.3 is 0 Å². The molecule has 82 valence electrons. The minimum atomic E-state index is -0.359. The molecular weight excluding hydrogens is 175 g/mol. The Labute approximate surface area is 88.2 Å². The Morgan fingerprint density at radius 3 is 1.50 bits per heavy atom. The molecule has 0 saturated carbocycles. The van der Waals surface area contributed by atoms with Crippen LogP contribution in [0.5, 0.6) is 0 Å². The van der Waals surface area contributed by atoms with E-state index in [9.17, 15) is 4.39 Å². The lowest BCUT2D eigenvalue weighted by Crippen LogP contribution is -1.82. The Kier molecular flexibility index (Phi) is 11.4. The summed E-state index contributed by atoms with van der Waals surface area (Å²) >= 11 is 0. The Bertz CT molecular complexity index is 208. The number of alkyl halides is 1. The molecule has 1 heteroatoms. The van der Waals surface area contributed by atoms with Gasteiger partial charge in [-0.25, -0.2) is 4.39 Å². The van der Waals surface area contributed by atoms with Gasteiger partial charge >= 0.3 is 0 Å². The topological polar surface area (TPSA) is 0 Å². The van der Waals surface area contributed by atoms with Gasteiger partial charge in [-0.15, -0.1) is 0 Å². The first kappa shape index (κ1) is 15.6. The maximum Gasteiger partial charge on any atom is 0.115 e. The van der Waals surface area contributed by atoms with Crippen LogP contribution in [0.4, 0.5) is 4.39 Å². The van der Waals surface area contributed by atoms with Crippen LogP contribution < -0.4 is 0 Å². The highest BCUT2D eigenvalue weighted by Crippen LogP contribution is 2.09. The molecule has 0 spiro atoms. The minimum Gasteiger partial charge on any atom is -0.246 e. The average molecular weight is 198 g/mol. The number of hydrogen-bond acceptors (Lipinski definition) is 0. The molecule has 1 aromatic carbocycles. The summed E-state index contributed by atoms with van der Waals surface area (Å²) in [6.07, 6.45) is 0. The Morgan fingerprint density at radius 1 is 0.857 bits per heavy atom. The van der Waals surface area contributed by atoms with E-state index in [1.165, 1.54) is 0 Å². The quantitative estimate of drug-likeness (QED) is 0.606. The fraction of sp³-hybridized carbons (Fsp3) is 0.538. The van der Waals surface area contributed by atoms with Gasteiger partial charge in [0.25, 0.3) is 0 Å². The first-order valence-electron chi connectivity index (χ1n) is 5.35. The monoisotopic (exact) mass is 198 g/mol. The molecule has 0 fully saturated rings. The molecule has 0 aliphatic rings. The van der Waals surface area contributed by atoms with E-state index in [4.69, 9.17) is 0 Å². The predicted molar refractivity (Wildman–Crippen MR) is 63.4 cm³/mol. The van der Waals surface area contributed by atoms with Crippen molar-refractivity contribution in [2.45, 2.75) is 48.2 Å². The number of aryl methyl sites for hydroxylation is 2. The first-order chi connectivity index (χ1) is 6.72. The van der Waals surface area contributed by atoms with Crippen LogP contribution >= 0.6 is 0 Å². The van der Waals surface area contributed by atoms with Crippen molar-refractivity contribution < 1.29 is 4.39 Å². The maximum atomic E-state index is 12.1. The van der Waals surface area contributed by atoms with Gasteiger partial charge in [0.1, 0.15) is 6.67 Å². The largest absolute Gasteiger partial charge is 0.246 e. The smallest absolute Gasteiger partial charge is 0.115 e. The van der Waals surface area contributed by atoms with Crippen LogP contribution in [0.3, 0.4) is 0 Å². The summed E-state index contributed by atoms with van der Waals surface area (Å²) in [4.78, 5) is 0. The van der Waals surface area contributed by atoms with Crippen molar-refractivity contribution in [1.29, 1.82) is 0 Å². The van der Waals surface area contributed by atoms with E-state index in [2.05, 4.69) is 0 Å². The van der Waals surface area contributed by atoms with Crippen LogP contribution in [0.2, 0.25) is 0 Å². The molecule has 0 aromatic heterocycles. The van der Waals surface area contributed by atoms with Crippen molar-refractivity contribution in [1.82, 2.24) is 0 Å². The molecule has 0 heterocycles. The molecule has 0 unspecified atom stereocenters. The molecule has 0 radical (unpaired) electrons. The summed E-state index contributed by atoms with van der Waals surface area (Å²) in [6, 6.07) is 5.78. The molecule has 1 rings (SSSR count). The Hall–Kier alpha value is -0.850. The van der Waals surface area contributed by atoms with Gasteiger partial charge in [0.05, 0.1) is 0 Å². The van der Waals surface area contributed by atoms with Gasteiger partial charge in [-0.2, -0.15) is 0 Å². The van der Waals surface area contributed by atoms with Gasteiger partial charge in [-0.05, 0) is 19.4 Å². The summed E-state index contributed by atoms with van der Waals surface area (Å²) in [5.41, 5.74) is 3.04. The number of hydrogen-bond donors (Lipinski definition) is 0. The lowest BCUT2D eigenvalue weighted by atomic mass is 10.1. The predicted octanol–water partition coefficient (Wildman–Crippen LogP) is 4.83. The van der Waals surface area contributed by atoms with E-state index in [0.717, 1.165) is 16.7 Å². The van der Waals surface area contributed by atoms with Crippen LogP contribution in [-0.4, -0.2) is 0 Å². The zero-order valence-corrected chi connectivity index (χ0v) is 10.3. The number of rotatable bonds is 1. The Balaban J connectivity index is 0. The molecule has 1 aromatic rings. The molecule has 0 amide bonds. The highest BCUT2D eigenvalue weighted by Gasteiger charge is 1.92. The van der Waals surface area contributed by atoms with E-state index in [1.54, 1.807) is 0 Å². The van der Waals surface area contributed by atoms with Crippen molar-refractivity contribution >= 4 is 0 Å². The molecule has 0 nitrogen and oxygen atoms in total. The lowest BCUT2D eigenvalue weighted by Gasteiger charge is -1.98. The van der Waals surface area contributed by atoms with Crippen LogP contribution in [0.25, 0.3) is 0 Å². The van der Waals surface area contributed by atoms with E-state index in [-0.39, 0.29) is 6.67 Å². The van der Waals surface area contributed by atoms with E-state index in [1.807, 2.05) is 59.7 Å². The Morgan fingerprint density at radius 2 is 1.21 bits per heavy atom. The van der Waals surface area contributed by atoms with Crippen LogP contribution in [0.15, 0.2) is 18.2 Å². The molecule has 0 atom stereocenters. The SMILES string of the molecule is CC.CC.Cc1cc(C)cc(CF)c1. The molecule has 0 bridgehead atoms. The summed E-state index contributed by atoms with van der Waals surface area (Å²) in [5.74, 6) is 0. The second kappa shape index (κ2) is 10.2. The molecule has 0 saturated heterocycles. The number of halogens is 1. The van der Waals surface area contributed by atoms with Gasteiger partial charge in [0, 0.05) is 0 Å². The standard InChI is InChI=1S/C9H11F.2C2H6/c1-7-3-8(2)5-9(4-7)6-10;2*1-2/h3-5H,6H2,1-2H3;2*1-2H3. The van der Waals surface area contributed by atoms with Crippen molar-refractivity contribution in [3.8, 4) is 0 Å². The van der Waals surface area contributed by atoms with E-state index < -0.39 is 0 Å². The summed E-state index contributed by atoms with van der Waals surface area (Å²) in [6.45, 7) is 11.6. The van der Waals surface area contributed by atoms with Gasteiger partial charge in [-0.3, -0.25) is 0 Å². The second-order valence-corrected chi connectivity index (χ2v) is 2.63. The van der Waals surface area contributed by atoms with Crippen molar-refractivity contribution in [3.05, 3.63) is 34.9 Å². The van der Waals surface area contributed by atoms with Crippen molar-refractivity contribution in [2.75, 3.05) is 0 Å². The van der Waals surface area contributed by atoms with Crippen LogP contribution in [0.1, 0.15) is 44.4 Å². The third-order valence-corrected chi connectivity index (χ3v) is 1.44. The second-order valence-electron chi connectivity index (χ2n) is 2.63.